The van der Waals surface area contributed by atoms with Gasteiger partial charge in [0.05, 0.1) is 16.8 Å². The Balaban J connectivity index is 1.05. The van der Waals surface area contributed by atoms with Crippen molar-refractivity contribution >= 4 is 21.9 Å². The lowest BCUT2D eigenvalue weighted by molar-refractivity contribution is 0.670. The number of benzene rings is 9. The molecule has 0 saturated heterocycles. The molecule has 0 amide bonds. The Hall–Kier alpha value is -8.14. The van der Waals surface area contributed by atoms with E-state index in [0.717, 1.165) is 72.3 Å². The van der Waals surface area contributed by atoms with Gasteiger partial charge in [-0.05, 0) is 68.3 Å². The predicted octanol–water partition coefficient (Wildman–Crippen LogP) is 15.1. The smallest absolute Gasteiger partial charge is 0.161 e. The summed E-state index contributed by atoms with van der Waals surface area (Å²) in [5, 5.41) is 2.24. The summed E-state index contributed by atoms with van der Waals surface area (Å²) in [5.41, 5.74) is 17.8. The first kappa shape index (κ1) is 35.8. The molecule has 1 aliphatic carbocycles. The summed E-state index contributed by atoms with van der Waals surface area (Å²) < 4.78 is 6.43. The van der Waals surface area contributed by atoms with E-state index in [1.807, 2.05) is 12.1 Å². The summed E-state index contributed by atoms with van der Waals surface area (Å²) in [7, 11) is 0. The molecule has 290 valence electrons. The Bertz CT molecular complexity index is 3400. The summed E-state index contributed by atoms with van der Waals surface area (Å²) in [4.78, 5) is 10.8. The van der Waals surface area contributed by atoms with Crippen LogP contribution < -0.4 is 0 Å². The standard InChI is InChI=1S/C59H38N2O/c1-4-17-39(18-5-1)45-23-10-11-26-51(45)58-60-54(41-33-31-40(32-34-41)46-27-16-28-50-49-25-13-15-30-56(49)62-57(46)50)38-55(61-58)42-35-36-48-47-24-12-14-29-52(47)59(53(48)37-42,43-19-6-2-7-20-43)44-21-8-3-9-22-44/h1-38H. The second-order valence-electron chi connectivity index (χ2n) is 16.0. The molecule has 0 atom stereocenters. The molecule has 1 aliphatic rings. The zero-order valence-electron chi connectivity index (χ0n) is 33.7. The Morgan fingerprint density at radius 3 is 1.58 bits per heavy atom. The molecule has 0 saturated carbocycles. The van der Waals surface area contributed by atoms with Crippen molar-refractivity contribution in [3.05, 3.63) is 253 Å². The van der Waals surface area contributed by atoms with Crippen LogP contribution in [0.5, 0.6) is 0 Å². The molecule has 0 spiro atoms. The highest BCUT2D eigenvalue weighted by Crippen LogP contribution is 2.56. The van der Waals surface area contributed by atoms with Gasteiger partial charge in [-0.1, -0.05) is 212 Å². The molecule has 12 rings (SSSR count). The average molecular weight is 791 g/mol. The van der Waals surface area contributed by atoms with Crippen molar-refractivity contribution in [3.63, 3.8) is 0 Å². The molecule has 0 radical (unpaired) electrons. The van der Waals surface area contributed by atoms with Crippen molar-refractivity contribution in [2.45, 2.75) is 5.41 Å². The van der Waals surface area contributed by atoms with Gasteiger partial charge in [-0.3, -0.25) is 0 Å². The third-order valence-corrected chi connectivity index (χ3v) is 12.6. The molecule has 0 fully saturated rings. The van der Waals surface area contributed by atoms with Crippen LogP contribution in [0.1, 0.15) is 22.3 Å². The first-order chi connectivity index (χ1) is 30.7. The second-order valence-corrected chi connectivity index (χ2v) is 16.0. The molecule has 0 unspecified atom stereocenters. The molecule has 0 aliphatic heterocycles. The van der Waals surface area contributed by atoms with E-state index < -0.39 is 5.41 Å². The first-order valence-electron chi connectivity index (χ1n) is 21.1. The number of aromatic nitrogens is 2. The lowest BCUT2D eigenvalue weighted by atomic mass is 9.67. The van der Waals surface area contributed by atoms with Crippen LogP contribution in [-0.2, 0) is 5.41 Å². The van der Waals surface area contributed by atoms with Gasteiger partial charge >= 0.3 is 0 Å². The molecule has 0 N–H and O–H groups in total. The molecule has 2 heterocycles. The largest absolute Gasteiger partial charge is 0.455 e. The average Bonchev–Trinajstić information content (AvgIpc) is 3.89. The fourth-order valence-corrected chi connectivity index (χ4v) is 9.81. The van der Waals surface area contributed by atoms with Gasteiger partial charge in [0, 0.05) is 33.0 Å². The highest BCUT2D eigenvalue weighted by atomic mass is 16.3. The quantitative estimate of drug-likeness (QED) is 0.161. The van der Waals surface area contributed by atoms with Gasteiger partial charge in [-0.2, -0.15) is 0 Å². The van der Waals surface area contributed by atoms with E-state index in [2.05, 4.69) is 218 Å². The summed E-state index contributed by atoms with van der Waals surface area (Å²) in [5.74, 6) is 0.675. The fourth-order valence-electron chi connectivity index (χ4n) is 9.81. The molecule has 3 heteroatoms. The van der Waals surface area contributed by atoms with Crippen molar-refractivity contribution in [2.75, 3.05) is 0 Å². The number of rotatable bonds is 7. The minimum absolute atomic E-state index is 0.526. The summed E-state index contributed by atoms with van der Waals surface area (Å²) in [6.07, 6.45) is 0. The van der Waals surface area contributed by atoms with E-state index in [1.165, 1.54) is 33.4 Å². The van der Waals surface area contributed by atoms with Gasteiger partial charge in [0.15, 0.2) is 5.82 Å². The van der Waals surface area contributed by atoms with Crippen molar-refractivity contribution in [2.24, 2.45) is 0 Å². The number of furan rings is 1. The van der Waals surface area contributed by atoms with Crippen molar-refractivity contribution < 1.29 is 4.42 Å². The van der Waals surface area contributed by atoms with E-state index in [1.54, 1.807) is 0 Å². The topological polar surface area (TPSA) is 38.9 Å². The second kappa shape index (κ2) is 14.5. The number of nitrogens with zero attached hydrogens (tertiary/aromatic N) is 2. The lowest BCUT2D eigenvalue weighted by Gasteiger charge is -2.34. The highest BCUT2D eigenvalue weighted by Gasteiger charge is 2.46. The molecule has 9 aromatic carbocycles. The Morgan fingerprint density at radius 1 is 0.323 bits per heavy atom. The zero-order chi connectivity index (χ0) is 41.0. The van der Waals surface area contributed by atoms with Crippen LogP contribution in [0.4, 0.5) is 0 Å². The molecule has 2 aromatic heterocycles. The SMILES string of the molecule is c1ccc(-c2ccccc2-c2nc(-c3ccc(-c4cccc5c4oc4ccccc45)cc3)cc(-c3ccc4c(c3)C(c3ccccc3)(c3ccccc3)c3ccccc3-4)n2)cc1. The van der Waals surface area contributed by atoms with Gasteiger partial charge in [-0.25, -0.2) is 9.97 Å². The number of fused-ring (bicyclic) bond motifs is 6. The summed E-state index contributed by atoms with van der Waals surface area (Å²) >= 11 is 0. The normalized spacial score (nSPS) is 12.6. The van der Waals surface area contributed by atoms with E-state index in [0.29, 0.717) is 5.82 Å². The zero-order valence-corrected chi connectivity index (χ0v) is 33.7. The van der Waals surface area contributed by atoms with Crippen LogP contribution >= 0.6 is 0 Å². The fraction of sp³-hybridized carbons (Fsp3) is 0.0169. The summed E-state index contributed by atoms with van der Waals surface area (Å²) in [6.45, 7) is 0. The van der Waals surface area contributed by atoms with Crippen molar-refractivity contribution in [1.29, 1.82) is 0 Å². The maximum Gasteiger partial charge on any atom is 0.161 e. The molecular weight excluding hydrogens is 753 g/mol. The highest BCUT2D eigenvalue weighted by molar-refractivity contribution is 6.09. The van der Waals surface area contributed by atoms with Crippen LogP contribution in [0, 0.1) is 0 Å². The van der Waals surface area contributed by atoms with Gasteiger partial charge in [0.2, 0.25) is 0 Å². The monoisotopic (exact) mass is 790 g/mol. The van der Waals surface area contributed by atoms with E-state index >= 15 is 0 Å². The third-order valence-electron chi connectivity index (χ3n) is 12.6. The minimum atomic E-state index is -0.526. The van der Waals surface area contributed by atoms with E-state index in [-0.39, 0.29) is 0 Å². The minimum Gasteiger partial charge on any atom is -0.455 e. The Labute approximate surface area is 360 Å². The molecular formula is C59H38N2O. The van der Waals surface area contributed by atoms with Gasteiger partial charge in [-0.15, -0.1) is 0 Å². The van der Waals surface area contributed by atoms with Crippen molar-refractivity contribution in [1.82, 2.24) is 9.97 Å². The Morgan fingerprint density at radius 2 is 0.839 bits per heavy atom. The third kappa shape index (κ3) is 5.67. The van der Waals surface area contributed by atoms with Gasteiger partial charge in [0.25, 0.3) is 0 Å². The Kier molecular flexibility index (Phi) is 8.39. The first-order valence-corrected chi connectivity index (χ1v) is 21.1. The number of para-hydroxylation sites is 2. The van der Waals surface area contributed by atoms with Crippen LogP contribution in [0.25, 0.3) is 89.2 Å². The maximum absolute atomic E-state index is 6.43. The lowest BCUT2D eigenvalue weighted by Crippen LogP contribution is -2.28. The molecule has 0 bridgehead atoms. The molecule has 3 nitrogen and oxygen atoms in total. The number of hydrogen-bond donors (Lipinski definition) is 0. The van der Waals surface area contributed by atoms with Crippen molar-refractivity contribution in [3.8, 4) is 67.3 Å². The summed E-state index contributed by atoms with van der Waals surface area (Å²) in [6, 6.07) is 82.1. The van der Waals surface area contributed by atoms with Crippen LogP contribution in [0.3, 0.4) is 0 Å². The maximum atomic E-state index is 6.43. The molecule has 11 aromatic rings. The van der Waals surface area contributed by atoms with Crippen LogP contribution in [0.15, 0.2) is 235 Å². The van der Waals surface area contributed by atoms with E-state index in [9.17, 15) is 0 Å². The predicted molar refractivity (Wildman–Crippen MR) is 254 cm³/mol. The molecule has 62 heavy (non-hydrogen) atoms. The number of hydrogen-bond acceptors (Lipinski definition) is 3. The van der Waals surface area contributed by atoms with Gasteiger partial charge < -0.3 is 4.42 Å². The van der Waals surface area contributed by atoms with Crippen LogP contribution in [-0.4, -0.2) is 9.97 Å². The van der Waals surface area contributed by atoms with Crippen LogP contribution in [0.2, 0.25) is 0 Å². The van der Waals surface area contributed by atoms with Gasteiger partial charge in [0.1, 0.15) is 11.2 Å². The van der Waals surface area contributed by atoms with E-state index in [4.69, 9.17) is 14.4 Å².